The third kappa shape index (κ3) is 6.27. The van der Waals surface area contributed by atoms with Gasteiger partial charge in [0.2, 0.25) is 5.92 Å². The van der Waals surface area contributed by atoms with Crippen LogP contribution < -0.4 is 10.2 Å². The van der Waals surface area contributed by atoms with Crippen LogP contribution in [0.5, 0.6) is 0 Å². The number of aryl methyl sites for hydroxylation is 1. The Morgan fingerprint density at radius 2 is 2.13 bits per heavy atom. The van der Waals surface area contributed by atoms with E-state index < -0.39 is 17.1 Å². The highest BCUT2D eigenvalue weighted by molar-refractivity contribution is 7.90. The van der Waals surface area contributed by atoms with E-state index in [0.717, 1.165) is 12.1 Å². The summed E-state index contributed by atoms with van der Waals surface area (Å²) in [4.78, 5) is 20.1. The van der Waals surface area contributed by atoms with Crippen LogP contribution in [0.2, 0.25) is 0 Å². The Kier molecular flexibility index (Phi) is 7.67. The summed E-state index contributed by atoms with van der Waals surface area (Å²) in [5.41, 5.74) is 1.63. The van der Waals surface area contributed by atoms with Gasteiger partial charge in [0, 0.05) is 43.4 Å². The second-order valence-electron chi connectivity index (χ2n) is 7.63. The molecule has 3 rings (SSSR count). The molecule has 1 N–H and O–H groups in total. The lowest BCUT2D eigenvalue weighted by Crippen LogP contribution is -2.29. The quantitative estimate of drug-likeness (QED) is 0.488. The van der Waals surface area contributed by atoms with Crippen LogP contribution in [0.4, 0.5) is 20.3 Å². The summed E-state index contributed by atoms with van der Waals surface area (Å²) < 4.78 is 39.5. The Hall–Kier alpha value is -2.45. The Bertz CT molecular complexity index is 937. The minimum Gasteiger partial charge on any atom is -0.612 e. The maximum absolute atomic E-state index is 13.9. The number of alkyl halides is 2. The van der Waals surface area contributed by atoms with Gasteiger partial charge in [-0.15, -0.1) is 6.58 Å². The van der Waals surface area contributed by atoms with Gasteiger partial charge in [0.1, 0.15) is 12.1 Å². The third-order valence-corrected chi connectivity index (χ3v) is 6.14. The zero-order valence-electron chi connectivity index (χ0n) is 17.6. The molecule has 31 heavy (non-hydrogen) atoms. The molecule has 0 radical (unpaired) electrons. The van der Waals surface area contributed by atoms with Gasteiger partial charge in [-0.1, -0.05) is 12.1 Å². The van der Waals surface area contributed by atoms with Crippen LogP contribution in [0.25, 0.3) is 0 Å². The van der Waals surface area contributed by atoms with Crippen molar-refractivity contribution in [1.82, 2.24) is 4.98 Å². The molecule has 1 aliphatic rings. The fourth-order valence-corrected chi connectivity index (χ4v) is 4.08. The van der Waals surface area contributed by atoms with Gasteiger partial charge in [-0.3, -0.25) is 4.79 Å². The van der Waals surface area contributed by atoms with Crippen LogP contribution in [0.1, 0.15) is 41.7 Å². The van der Waals surface area contributed by atoms with E-state index in [4.69, 9.17) is 0 Å². The van der Waals surface area contributed by atoms with Crippen molar-refractivity contribution in [2.75, 3.05) is 29.6 Å². The van der Waals surface area contributed by atoms with E-state index in [-0.39, 0.29) is 25.3 Å². The maximum Gasteiger partial charge on any atom is 0.259 e. The van der Waals surface area contributed by atoms with E-state index in [9.17, 15) is 18.1 Å². The Labute approximate surface area is 184 Å². The number of halogens is 2. The molecule has 0 unspecified atom stereocenters. The second-order valence-corrected chi connectivity index (χ2v) is 9.01. The molecule has 1 aliphatic heterocycles. The van der Waals surface area contributed by atoms with Crippen LogP contribution in [-0.4, -0.2) is 40.7 Å². The zero-order valence-corrected chi connectivity index (χ0v) is 18.4. The summed E-state index contributed by atoms with van der Waals surface area (Å²) in [5.74, 6) is -2.66. The molecule has 0 saturated carbocycles. The first kappa shape index (κ1) is 23.2. The van der Waals surface area contributed by atoms with Crippen molar-refractivity contribution in [2.24, 2.45) is 0 Å². The average molecular weight is 448 g/mol. The van der Waals surface area contributed by atoms with Gasteiger partial charge in [0.25, 0.3) is 5.91 Å². The smallest absolute Gasteiger partial charge is 0.259 e. The van der Waals surface area contributed by atoms with Gasteiger partial charge in [0.05, 0.1) is 5.56 Å². The van der Waals surface area contributed by atoms with Gasteiger partial charge >= 0.3 is 0 Å². The standard InChI is InChI=1S/C23H27F2N3O2S/c1-3-4-7-17-10-11-20(21(26-17)28-14-6-12-23(24,25)13-15-28)22(29)27-18-8-5-9-19(16-18)31(2)30/h3,5,8-11,16H,1,4,6-7,12-15H2,2H3,(H,27,29)/t31-/m0/s1. The van der Waals surface area contributed by atoms with Crippen LogP contribution in [0.3, 0.4) is 0 Å². The molecular weight excluding hydrogens is 420 g/mol. The molecule has 1 amide bonds. The summed E-state index contributed by atoms with van der Waals surface area (Å²) in [6.07, 6.45) is 4.65. The van der Waals surface area contributed by atoms with E-state index in [1.165, 1.54) is 0 Å². The van der Waals surface area contributed by atoms with Crippen LogP contribution >= 0.6 is 0 Å². The van der Waals surface area contributed by atoms with Gasteiger partial charge in [-0.25, -0.2) is 13.8 Å². The highest BCUT2D eigenvalue weighted by Gasteiger charge is 2.33. The van der Waals surface area contributed by atoms with E-state index in [2.05, 4.69) is 16.9 Å². The van der Waals surface area contributed by atoms with Gasteiger partial charge < -0.3 is 14.8 Å². The normalized spacial score (nSPS) is 17.0. The van der Waals surface area contributed by atoms with Crippen molar-refractivity contribution in [3.63, 3.8) is 0 Å². The van der Waals surface area contributed by atoms with Crippen LogP contribution in [0, 0.1) is 0 Å². The molecule has 8 heteroatoms. The molecule has 1 aromatic carbocycles. The Morgan fingerprint density at radius 3 is 2.87 bits per heavy atom. The monoisotopic (exact) mass is 447 g/mol. The first-order valence-electron chi connectivity index (χ1n) is 10.3. The van der Waals surface area contributed by atoms with Gasteiger partial charge in [-0.2, -0.15) is 0 Å². The molecule has 2 aromatic rings. The number of carbonyl (C=O) groups is 1. The van der Waals surface area contributed by atoms with Crippen LogP contribution in [-0.2, 0) is 17.6 Å². The van der Waals surface area contributed by atoms with Crippen molar-refractivity contribution >= 4 is 28.6 Å². The number of hydrogen-bond donors (Lipinski definition) is 1. The number of carbonyl (C=O) groups excluding carboxylic acids is 1. The number of rotatable bonds is 7. The highest BCUT2D eigenvalue weighted by Crippen LogP contribution is 2.31. The summed E-state index contributed by atoms with van der Waals surface area (Å²) in [6, 6.07) is 10.3. The summed E-state index contributed by atoms with van der Waals surface area (Å²) in [6.45, 7) is 4.27. The Balaban J connectivity index is 1.90. The first-order valence-corrected chi connectivity index (χ1v) is 11.8. The van der Waals surface area contributed by atoms with E-state index in [1.807, 2.05) is 0 Å². The number of nitrogens with one attached hydrogen (secondary N) is 1. The average Bonchev–Trinajstić information content (AvgIpc) is 2.92. The van der Waals surface area contributed by atoms with E-state index in [0.29, 0.717) is 41.4 Å². The number of amides is 1. The predicted octanol–water partition coefficient (Wildman–Crippen LogP) is 4.82. The van der Waals surface area contributed by atoms with E-state index in [1.54, 1.807) is 53.6 Å². The van der Waals surface area contributed by atoms with Crippen molar-refractivity contribution in [2.45, 2.75) is 42.9 Å². The molecule has 0 aliphatic carbocycles. The van der Waals surface area contributed by atoms with E-state index >= 15 is 0 Å². The summed E-state index contributed by atoms with van der Waals surface area (Å²) in [7, 11) is 0. The maximum atomic E-state index is 13.9. The fourth-order valence-electron chi connectivity index (χ4n) is 3.52. The van der Waals surface area contributed by atoms with Crippen molar-refractivity contribution in [1.29, 1.82) is 0 Å². The molecule has 1 saturated heterocycles. The molecule has 1 fully saturated rings. The zero-order chi connectivity index (χ0) is 22.4. The minimum absolute atomic E-state index is 0.134. The number of allylic oxidation sites excluding steroid dienone is 1. The molecular formula is C23H27F2N3O2S. The SMILES string of the molecule is C=CCCc1ccc(C(=O)Nc2cccc([S@+](C)[O-])c2)c(N2CCCC(F)(F)CC2)n1. The van der Waals surface area contributed by atoms with Crippen molar-refractivity contribution in [3.8, 4) is 0 Å². The number of benzene rings is 1. The molecule has 0 bridgehead atoms. The summed E-state index contributed by atoms with van der Waals surface area (Å²) >= 11 is -1.17. The largest absolute Gasteiger partial charge is 0.612 e. The second kappa shape index (κ2) is 10.2. The van der Waals surface area contributed by atoms with Crippen molar-refractivity contribution in [3.05, 3.63) is 60.3 Å². The molecule has 5 nitrogen and oxygen atoms in total. The number of aromatic nitrogens is 1. The first-order chi connectivity index (χ1) is 14.8. The van der Waals surface area contributed by atoms with Crippen LogP contribution in [0.15, 0.2) is 53.9 Å². The number of anilines is 2. The molecule has 1 atom stereocenters. The molecule has 2 heterocycles. The lowest BCUT2D eigenvalue weighted by molar-refractivity contribution is -0.0102. The lowest BCUT2D eigenvalue weighted by atomic mass is 10.1. The molecule has 1 aromatic heterocycles. The minimum atomic E-state index is -2.70. The highest BCUT2D eigenvalue weighted by atomic mass is 32.2. The van der Waals surface area contributed by atoms with Gasteiger partial charge in [-0.05, 0) is 54.7 Å². The number of pyridine rings is 1. The predicted molar refractivity (Wildman–Crippen MR) is 120 cm³/mol. The summed E-state index contributed by atoms with van der Waals surface area (Å²) in [5, 5.41) is 2.82. The topological polar surface area (TPSA) is 68.3 Å². The molecule has 166 valence electrons. The number of hydrogen-bond acceptors (Lipinski definition) is 4. The lowest BCUT2D eigenvalue weighted by Gasteiger charge is -2.24. The van der Waals surface area contributed by atoms with Gasteiger partial charge in [0.15, 0.2) is 4.90 Å². The third-order valence-electron chi connectivity index (χ3n) is 5.22. The number of nitrogens with zero attached hydrogens (tertiary/aromatic N) is 2. The Morgan fingerprint density at radius 1 is 1.32 bits per heavy atom. The van der Waals surface area contributed by atoms with Crippen molar-refractivity contribution < 1.29 is 18.1 Å². The molecule has 0 spiro atoms. The fraction of sp³-hybridized carbons (Fsp3) is 0.391.